The predicted octanol–water partition coefficient (Wildman–Crippen LogP) is 1.10. The first-order valence-corrected chi connectivity index (χ1v) is 1.45. The Bertz CT molecular complexity index is 13.5. The minimum Gasteiger partial charge on any atom is -0.255 e. The van der Waals surface area contributed by atoms with Crippen LogP contribution in [0.3, 0.4) is 0 Å². The molecule has 0 aromatic heterocycles. The Balaban J connectivity index is 0. The van der Waals surface area contributed by atoms with E-state index in [-0.39, 0.29) is 18.6 Å². The van der Waals surface area contributed by atoms with E-state index in [0.29, 0.717) is 0 Å². The Kier molecular flexibility index (Phi) is 19.9. The number of hydrogen-bond acceptors (Lipinski definition) is 1. The van der Waals surface area contributed by atoms with Crippen molar-refractivity contribution < 1.29 is 18.6 Å². The molecule has 0 aliphatic carbocycles. The van der Waals surface area contributed by atoms with Crippen LogP contribution in [0.4, 0.5) is 0 Å². The van der Waals surface area contributed by atoms with Gasteiger partial charge in [-0.1, -0.05) is 0 Å². The van der Waals surface area contributed by atoms with Gasteiger partial charge >= 0.3 is 0 Å². The van der Waals surface area contributed by atoms with Crippen LogP contribution in [0.25, 0.3) is 0 Å². The van der Waals surface area contributed by atoms with Crippen molar-refractivity contribution in [2.75, 3.05) is 0 Å². The molecule has 0 aromatic rings. The van der Waals surface area contributed by atoms with E-state index >= 15 is 0 Å². The van der Waals surface area contributed by atoms with E-state index in [1.807, 2.05) is 0 Å². The molecule has 0 bridgehead atoms. The van der Waals surface area contributed by atoms with Gasteiger partial charge in [-0.15, -0.1) is 0 Å². The maximum absolute atomic E-state index is 3.22. The summed E-state index contributed by atoms with van der Waals surface area (Å²) in [5.74, 6) is 0. The van der Waals surface area contributed by atoms with Gasteiger partial charge in [0.25, 0.3) is 0 Å². The van der Waals surface area contributed by atoms with Gasteiger partial charge < -0.3 is 0 Å². The van der Waals surface area contributed by atoms with Crippen molar-refractivity contribution in [1.29, 1.82) is 0 Å². The first-order chi connectivity index (χ1) is 1.41. The van der Waals surface area contributed by atoms with Crippen LogP contribution < -0.4 is 0 Å². The average molecular weight is 130 g/mol. The van der Waals surface area contributed by atoms with E-state index in [1.54, 1.807) is 0 Å². The molecule has 0 amide bonds. The molecule has 0 aliphatic heterocycles. The van der Waals surface area contributed by atoms with Gasteiger partial charge in [0.1, 0.15) is 0 Å². The van der Waals surface area contributed by atoms with Crippen molar-refractivity contribution in [1.82, 2.24) is 0 Å². The van der Waals surface area contributed by atoms with Crippen LogP contribution in [0, 0.1) is 0 Å². The molecule has 1 nitrogen and oxygen atoms in total. The molecule has 0 heterocycles. The Hall–Kier alpha value is 1.11. The van der Waals surface area contributed by atoms with Crippen molar-refractivity contribution in [2.45, 2.75) is 0 Å². The Morgan fingerprint density at radius 3 is 1.75 bits per heavy atom. The fraction of sp³-hybridized carbons (Fsp3) is 0. The molecule has 1 radical (unpaired) electrons. The normalized spacial score (nSPS) is 3.25. The van der Waals surface area contributed by atoms with Gasteiger partial charge in [0.2, 0.25) is 0 Å². The molecule has 0 rings (SSSR count). The molecular formula is H3NP2V. The summed E-state index contributed by atoms with van der Waals surface area (Å²) in [5, 5.41) is 0. The Labute approximate surface area is 42.0 Å². The third-order valence-corrected chi connectivity index (χ3v) is 0. The zero-order chi connectivity index (χ0) is 2.71. The molecule has 0 fully saturated rings. The monoisotopic (exact) mass is 130 g/mol. The van der Waals surface area contributed by atoms with E-state index in [0.717, 1.165) is 0 Å². The third kappa shape index (κ3) is 11.2. The van der Waals surface area contributed by atoms with Gasteiger partial charge in [0.05, 0.1) is 0 Å². The van der Waals surface area contributed by atoms with E-state index in [2.05, 4.69) is 22.9 Å². The second-order valence-corrected chi connectivity index (χ2v) is 1.16. The van der Waals surface area contributed by atoms with E-state index in [1.165, 1.54) is 0 Å². The largest absolute Gasteiger partial charge is 0.255 e. The van der Waals surface area contributed by atoms with E-state index in [9.17, 15) is 0 Å². The molecule has 0 aliphatic rings. The molecule has 23 valence electrons. The van der Waals surface area contributed by atoms with Gasteiger partial charge in [0.15, 0.2) is 0 Å². The maximum Gasteiger partial charge on any atom is 0 e. The van der Waals surface area contributed by atoms with Gasteiger partial charge in [-0.25, -0.2) is 0 Å². The Morgan fingerprint density at radius 1 is 1.75 bits per heavy atom. The van der Waals surface area contributed by atoms with Crippen molar-refractivity contribution in [3.8, 4) is 0 Å². The molecule has 0 N–H and O–H groups in total. The number of rotatable bonds is 0. The molecular weight excluding hydrogens is 127 g/mol. The predicted molar refractivity (Wildman–Crippen MR) is 20.5 cm³/mol. The van der Waals surface area contributed by atoms with Crippen molar-refractivity contribution in [2.24, 2.45) is 4.52 Å². The average Bonchev–Trinajstić information content (AvgIpc) is 0.918. The smallest absolute Gasteiger partial charge is 0 e. The molecule has 1 unspecified atom stereocenters. The third-order valence-electron chi connectivity index (χ3n) is 0. The van der Waals surface area contributed by atoms with Crippen LogP contribution in [-0.4, -0.2) is 0 Å². The van der Waals surface area contributed by atoms with Gasteiger partial charge in [-0.2, -0.15) is 0 Å². The number of nitrogens with zero attached hydrogens (tertiary/aromatic N) is 1. The molecule has 1 atom stereocenters. The summed E-state index contributed by atoms with van der Waals surface area (Å²) < 4.78 is 3.22. The summed E-state index contributed by atoms with van der Waals surface area (Å²) in [4.78, 5) is 0. The topological polar surface area (TPSA) is 12.4 Å². The summed E-state index contributed by atoms with van der Waals surface area (Å²) in [7, 11) is 4.89. The fourth-order valence-corrected chi connectivity index (χ4v) is 0. The molecule has 0 saturated heterocycles. The van der Waals surface area contributed by atoms with Crippen LogP contribution in [-0.2, 0) is 18.6 Å². The number of hydrogen-bond donors (Lipinski definition) is 0. The molecule has 4 heteroatoms. The molecule has 0 aromatic carbocycles. The maximum atomic E-state index is 3.22. The summed E-state index contributed by atoms with van der Waals surface area (Å²) >= 11 is 0. The van der Waals surface area contributed by atoms with Crippen LogP contribution in [0.15, 0.2) is 4.52 Å². The standard InChI is InChI=1S/H3NP2.V/c2-1-3;/h2H,3H2;. The van der Waals surface area contributed by atoms with Crippen molar-refractivity contribution >= 4 is 18.4 Å². The van der Waals surface area contributed by atoms with Crippen LogP contribution in [0.1, 0.15) is 0 Å². The van der Waals surface area contributed by atoms with Gasteiger partial charge in [0, 0.05) is 18.6 Å². The minimum atomic E-state index is 0. The zero-order valence-corrected chi connectivity index (χ0v) is 5.52. The minimum absolute atomic E-state index is 0. The second kappa shape index (κ2) is 8.93. The van der Waals surface area contributed by atoms with Gasteiger partial charge in [-0.3, -0.25) is 4.52 Å². The Morgan fingerprint density at radius 2 is 1.75 bits per heavy atom. The summed E-state index contributed by atoms with van der Waals surface area (Å²) in [6.07, 6.45) is 0. The molecule has 0 saturated carbocycles. The first-order valence-electron chi connectivity index (χ1n) is 0.482. The summed E-state index contributed by atoms with van der Waals surface area (Å²) in [5.41, 5.74) is 0. The van der Waals surface area contributed by atoms with Crippen molar-refractivity contribution in [3.05, 3.63) is 0 Å². The van der Waals surface area contributed by atoms with Crippen LogP contribution >= 0.6 is 18.4 Å². The van der Waals surface area contributed by atoms with Crippen molar-refractivity contribution in [3.63, 3.8) is 0 Å². The fourth-order valence-electron chi connectivity index (χ4n) is 0. The zero-order valence-electron chi connectivity index (χ0n) is 1.97. The molecule has 0 spiro atoms. The van der Waals surface area contributed by atoms with Crippen LogP contribution in [0.5, 0.6) is 0 Å². The van der Waals surface area contributed by atoms with E-state index in [4.69, 9.17) is 0 Å². The SMILES string of the molecule is P=NP.[V]. The van der Waals surface area contributed by atoms with E-state index < -0.39 is 0 Å². The quantitative estimate of drug-likeness (QED) is 0.435. The van der Waals surface area contributed by atoms with Crippen LogP contribution in [0.2, 0.25) is 0 Å². The summed E-state index contributed by atoms with van der Waals surface area (Å²) in [6.45, 7) is 0. The first kappa shape index (κ1) is 8.93. The second-order valence-electron chi connectivity index (χ2n) is 0.129. The summed E-state index contributed by atoms with van der Waals surface area (Å²) in [6, 6.07) is 0. The van der Waals surface area contributed by atoms with Gasteiger partial charge in [-0.05, 0) is 18.4 Å². The molecule has 4 heavy (non-hydrogen) atoms.